The maximum atomic E-state index is 6.07. The van der Waals surface area contributed by atoms with E-state index in [0.717, 1.165) is 12.8 Å². The molecule has 0 amide bonds. The van der Waals surface area contributed by atoms with Gasteiger partial charge in [-0.3, -0.25) is 0 Å². The van der Waals surface area contributed by atoms with Gasteiger partial charge in [-0.05, 0) is 32.6 Å². The van der Waals surface area contributed by atoms with E-state index >= 15 is 0 Å². The van der Waals surface area contributed by atoms with Crippen LogP contribution in [-0.4, -0.2) is 52.5 Å². The highest BCUT2D eigenvalue weighted by Gasteiger charge is 2.41. The summed E-state index contributed by atoms with van der Waals surface area (Å²) < 4.78 is 35.8. The summed E-state index contributed by atoms with van der Waals surface area (Å²) in [6.45, 7) is 12.9. The van der Waals surface area contributed by atoms with E-state index in [1.807, 2.05) is 32.7 Å². The quantitative estimate of drug-likeness (QED) is 0.539. The van der Waals surface area contributed by atoms with Gasteiger partial charge in [0.1, 0.15) is 0 Å². The van der Waals surface area contributed by atoms with Crippen LogP contribution in [0.15, 0.2) is 0 Å². The average Bonchev–Trinajstić information content (AvgIpc) is 2.25. The molecule has 1 heterocycles. The molecule has 1 rings (SSSR count). The second-order valence-corrected chi connectivity index (χ2v) is 16.7. The zero-order chi connectivity index (χ0) is 15.2. The van der Waals surface area contributed by atoms with Crippen LogP contribution in [-0.2, 0) is 25.0 Å². The molecule has 0 saturated carbocycles. The fourth-order valence-electron chi connectivity index (χ4n) is 2.03. The monoisotopic (exact) mass is 372 g/mol. The van der Waals surface area contributed by atoms with Crippen molar-refractivity contribution in [1.29, 1.82) is 0 Å². The Morgan fingerprint density at radius 2 is 1.30 bits per heavy atom. The highest BCUT2D eigenvalue weighted by molar-refractivity contribution is 6.77. The van der Waals surface area contributed by atoms with Crippen LogP contribution in [0.3, 0.4) is 0 Å². The van der Waals surface area contributed by atoms with Gasteiger partial charge in [-0.1, -0.05) is 13.3 Å². The van der Waals surface area contributed by atoms with Crippen LogP contribution in [0.5, 0.6) is 0 Å². The summed E-state index contributed by atoms with van der Waals surface area (Å²) in [4.78, 5) is 0. The Morgan fingerprint density at radius 1 is 0.850 bits per heavy atom. The molecule has 0 aliphatic carbocycles. The van der Waals surface area contributed by atoms with Crippen molar-refractivity contribution in [3.63, 3.8) is 0 Å². The van der Waals surface area contributed by atoms with Gasteiger partial charge in [0.2, 0.25) is 0 Å². The van der Waals surface area contributed by atoms with Gasteiger partial charge >= 0.3 is 27.4 Å². The van der Waals surface area contributed by atoms with Crippen molar-refractivity contribution in [1.82, 2.24) is 0 Å². The Kier molecular flexibility index (Phi) is 8.59. The van der Waals surface area contributed by atoms with E-state index in [0.29, 0.717) is 6.61 Å². The van der Waals surface area contributed by atoms with Crippen LogP contribution >= 0.6 is 0 Å². The van der Waals surface area contributed by atoms with Crippen molar-refractivity contribution in [2.45, 2.75) is 52.5 Å². The molecule has 4 unspecified atom stereocenters. The molecule has 0 radical (unpaired) electrons. The Bertz CT molecular complexity index is 268. The van der Waals surface area contributed by atoms with E-state index in [4.69, 9.17) is 25.0 Å². The molecule has 1 aliphatic heterocycles. The van der Waals surface area contributed by atoms with Crippen LogP contribution in [0.25, 0.3) is 0 Å². The predicted molar refractivity (Wildman–Crippen MR) is 90.0 cm³/mol. The van der Waals surface area contributed by atoms with E-state index in [1.54, 1.807) is 0 Å². The van der Waals surface area contributed by atoms with Crippen LogP contribution in [0.2, 0.25) is 32.7 Å². The lowest BCUT2D eigenvalue weighted by atomic mass is 10.4. The highest BCUT2D eigenvalue weighted by atomic mass is 28.5. The Labute approximate surface area is 130 Å². The van der Waals surface area contributed by atoms with E-state index < -0.39 is 45.9 Å². The first-order valence-corrected chi connectivity index (χ1v) is 17.9. The third kappa shape index (κ3) is 7.21. The third-order valence-electron chi connectivity index (χ3n) is 2.77. The molecule has 6 nitrogen and oxygen atoms in total. The molecular formula is C9H28O6Si5. The lowest BCUT2D eigenvalue weighted by molar-refractivity contribution is 0.147. The number of hydrogen-bond donors (Lipinski definition) is 0. The van der Waals surface area contributed by atoms with E-state index in [2.05, 4.69) is 6.92 Å². The van der Waals surface area contributed by atoms with Gasteiger partial charge in [-0.15, -0.1) is 0 Å². The minimum absolute atomic E-state index is 0.678. The standard InChI is InChI=1S/C9H28O6Si5/c1-7-8-9-10-20(6)14-18(4)12-16(2)11-17(3)13-19(5)15-20/h16-19H,7-9H2,1-6H3. The molecule has 1 fully saturated rings. The lowest BCUT2D eigenvalue weighted by Gasteiger charge is -2.35. The average molecular weight is 373 g/mol. The molecule has 0 aromatic rings. The topological polar surface area (TPSA) is 55.4 Å². The van der Waals surface area contributed by atoms with Gasteiger partial charge in [0, 0.05) is 13.2 Å². The van der Waals surface area contributed by atoms with Crippen molar-refractivity contribution in [3.05, 3.63) is 0 Å². The molecule has 0 spiro atoms. The molecule has 0 aromatic heterocycles. The van der Waals surface area contributed by atoms with Crippen LogP contribution < -0.4 is 0 Å². The largest absolute Gasteiger partial charge is 0.479 e. The maximum absolute atomic E-state index is 6.07. The van der Waals surface area contributed by atoms with Crippen molar-refractivity contribution in [2.24, 2.45) is 0 Å². The first kappa shape index (κ1) is 18.9. The van der Waals surface area contributed by atoms with Crippen molar-refractivity contribution >= 4 is 45.9 Å². The van der Waals surface area contributed by atoms with Gasteiger partial charge in [0.05, 0.1) is 0 Å². The summed E-state index contributed by atoms with van der Waals surface area (Å²) in [5.74, 6) is 0. The van der Waals surface area contributed by atoms with Crippen LogP contribution in [0, 0.1) is 0 Å². The molecule has 0 bridgehead atoms. The molecule has 1 aliphatic rings. The molecule has 4 atom stereocenters. The Hall–Kier alpha value is 0.844. The normalized spacial score (nSPS) is 40.5. The summed E-state index contributed by atoms with van der Waals surface area (Å²) in [7, 11) is -9.46. The minimum atomic E-state index is -2.63. The van der Waals surface area contributed by atoms with E-state index in [9.17, 15) is 0 Å². The Morgan fingerprint density at radius 3 is 1.75 bits per heavy atom. The number of unbranched alkanes of at least 4 members (excludes halogenated alkanes) is 1. The molecule has 0 aromatic carbocycles. The molecule has 0 N–H and O–H groups in total. The van der Waals surface area contributed by atoms with Gasteiger partial charge in [0.15, 0.2) is 0 Å². The summed E-state index contributed by atoms with van der Waals surface area (Å²) in [5.41, 5.74) is 0. The van der Waals surface area contributed by atoms with Gasteiger partial charge in [-0.25, -0.2) is 0 Å². The third-order valence-corrected chi connectivity index (χ3v) is 18.8. The van der Waals surface area contributed by atoms with E-state index in [1.165, 1.54) is 0 Å². The van der Waals surface area contributed by atoms with Crippen LogP contribution in [0.1, 0.15) is 19.8 Å². The van der Waals surface area contributed by atoms with Gasteiger partial charge < -0.3 is 25.0 Å². The zero-order valence-corrected chi connectivity index (χ0v) is 19.0. The summed E-state index contributed by atoms with van der Waals surface area (Å²) >= 11 is 0. The fraction of sp³-hybridized carbons (Fsp3) is 1.00. The highest BCUT2D eigenvalue weighted by Crippen LogP contribution is 2.17. The van der Waals surface area contributed by atoms with Gasteiger partial charge in [-0.2, -0.15) is 0 Å². The van der Waals surface area contributed by atoms with Crippen molar-refractivity contribution in [3.8, 4) is 0 Å². The summed E-state index contributed by atoms with van der Waals surface area (Å²) in [6.07, 6.45) is 2.11. The smallest absolute Gasteiger partial charge is 0.420 e. The van der Waals surface area contributed by atoms with Crippen LogP contribution in [0.4, 0.5) is 0 Å². The Balaban J connectivity index is 2.70. The van der Waals surface area contributed by atoms with Crippen molar-refractivity contribution in [2.75, 3.05) is 6.61 Å². The first-order valence-electron chi connectivity index (χ1n) is 7.30. The lowest BCUT2D eigenvalue weighted by Crippen LogP contribution is -2.54. The maximum Gasteiger partial charge on any atom is 0.479 e. The van der Waals surface area contributed by atoms with Gasteiger partial charge in [0.25, 0.3) is 18.6 Å². The number of hydrogen-bond acceptors (Lipinski definition) is 6. The fourth-order valence-corrected chi connectivity index (χ4v) is 18.2. The molecule has 120 valence electrons. The predicted octanol–water partition coefficient (Wildman–Crippen LogP) is 0.870. The van der Waals surface area contributed by atoms with Crippen molar-refractivity contribution < 1.29 is 25.0 Å². The molecule has 20 heavy (non-hydrogen) atoms. The second-order valence-electron chi connectivity index (χ2n) is 4.98. The minimum Gasteiger partial charge on any atom is -0.420 e. The zero-order valence-electron chi connectivity index (χ0n) is 13.4. The molecule has 1 saturated heterocycles. The summed E-state index contributed by atoms with van der Waals surface area (Å²) in [6, 6.07) is 0. The number of rotatable bonds is 4. The SMILES string of the molecule is CCCCO[Si]1(C)O[SiH](C)O[SiH](C)O[SiH](C)O[SiH](C)O1. The van der Waals surface area contributed by atoms with E-state index in [-0.39, 0.29) is 0 Å². The second kappa shape index (κ2) is 9.09. The molecule has 11 heteroatoms. The summed E-state index contributed by atoms with van der Waals surface area (Å²) in [5, 5.41) is 0. The first-order chi connectivity index (χ1) is 9.34. The molecular weight excluding hydrogens is 345 g/mol.